The second-order valence-electron chi connectivity index (χ2n) is 5.01. The van der Waals surface area contributed by atoms with Crippen molar-refractivity contribution in [3.05, 3.63) is 36.7 Å². The summed E-state index contributed by atoms with van der Waals surface area (Å²) in [4.78, 5) is 16.2. The van der Waals surface area contributed by atoms with Gasteiger partial charge in [0.15, 0.2) is 0 Å². The zero-order chi connectivity index (χ0) is 13.8. The van der Waals surface area contributed by atoms with E-state index >= 15 is 0 Å². The predicted molar refractivity (Wildman–Crippen MR) is 77.8 cm³/mol. The number of carbonyl (C=O) groups excluding carboxylic acids is 1. The van der Waals surface area contributed by atoms with Crippen LogP contribution in [0.2, 0.25) is 0 Å². The smallest absolute Gasteiger partial charge is 0.229 e. The van der Waals surface area contributed by atoms with Crippen LogP contribution in [0.25, 0.3) is 10.8 Å². The van der Waals surface area contributed by atoms with Crippen molar-refractivity contribution in [2.75, 3.05) is 11.9 Å². The van der Waals surface area contributed by atoms with Gasteiger partial charge >= 0.3 is 0 Å². The molecule has 0 saturated carbocycles. The second kappa shape index (κ2) is 5.80. The highest BCUT2D eigenvalue weighted by molar-refractivity contribution is 5.95. The van der Waals surface area contributed by atoms with E-state index in [2.05, 4.69) is 10.3 Å². The molecular weight excluding hydrogens is 238 g/mol. The molecule has 1 aromatic heterocycles. The van der Waals surface area contributed by atoms with Crippen LogP contribution in [0.5, 0.6) is 0 Å². The molecule has 4 heteroatoms. The summed E-state index contributed by atoms with van der Waals surface area (Å²) in [5.41, 5.74) is 6.44. The van der Waals surface area contributed by atoms with Gasteiger partial charge in [-0.1, -0.05) is 19.9 Å². The van der Waals surface area contributed by atoms with E-state index in [1.807, 2.05) is 38.1 Å². The lowest BCUT2D eigenvalue weighted by Gasteiger charge is -2.18. The molecule has 1 unspecified atom stereocenters. The van der Waals surface area contributed by atoms with E-state index < -0.39 is 0 Å². The van der Waals surface area contributed by atoms with Crippen molar-refractivity contribution in [3.63, 3.8) is 0 Å². The van der Waals surface area contributed by atoms with Crippen LogP contribution in [0.15, 0.2) is 36.7 Å². The Morgan fingerprint density at radius 2 is 2.11 bits per heavy atom. The number of amides is 1. The SMILES string of the molecule is CC(C)C(CN)C(=O)Nc1ccc2cnccc2c1. The second-order valence-corrected chi connectivity index (χ2v) is 5.01. The van der Waals surface area contributed by atoms with Gasteiger partial charge in [0, 0.05) is 30.0 Å². The fourth-order valence-corrected chi connectivity index (χ4v) is 2.08. The third-order valence-corrected chi connectivity index (χ3v) is 3.30. The maximum Gasteiger partial charge on any atom is 0.229 e. The molecule has 0 saturated heterocycles. The Bertz CT molecular complexity index is 580. The van der Waals surface area contributed by atoms with E-state index in [0.717, 1.165) is 16.5 Å². The summed E-state index contributed by atoms with van der Waals surface area (Å²) in [5.74, 6) is 0.0497. The van der Waals surface area contributed by atoms with Crippen LogP contribution in [-0.2, 0) is 4.79 Å². The molecule has 0 radical (unpaired) electrons. The topological polar surface area (TPSA) is 68.0 Å². The van der Waals surface area contributed by atoms with Crippen molar-refractivity contribution < 1.29 is 4.79 Å². The van der Waals surface area contributed by atoms with E-state index in [-0.39, 0.29) is 17.7 Å². The molecule has 2 rings (SSSR count). The number of carbonyl (C=O) groups is 1. The summed E-state index contributed by atoms with van der Waals surface area (Å²) < 4.78 is 0. The van der Waals surface area contributed by atoms with Gasteiger partial charge in [0.2, 0.25) is 5.91 Å². The number of hydrogen-bond acceptors (Lipinski definition) is 3. The number of benzene rings is 1. The van der Waals surface area contributed by atoms with Gasteiger partial charge in [0.25, 0.3) is 0 Å². The Morgan fingerprint density at radius 3 is 2.79 bits per heavy atom. The van der Waals surface area contributed by atoms with Crippen molar-refractivity contribution in [1.29, 1.82) is 0 Å². The number of pyridine rings is 1. The molecule has 0 aliphatic heterocycles. The Morgan fingerprint density at radius 1 is 1.32 bits per heavy atom. The molecule has 3 N–H and O–H groups in total. The average molecular weight is 257 g/mol. The Kier molecular flexibility index (Phi) is 4.12. The highest BCUT2D eigenvalue weighted by atomic mass is 16.1. The lowest BCUT2D eigenvalue weighted by atomic mass is 9.95. The predicted octanol–water partition coefficient (Wildman–Crippen LogP) is 2.40. The lowest BCUT2D eigenvalue weighted by molar-refractivity contribution is -0.120. The van der Waals surface area contributed by atoms with Crippen molar-refractivity contribution >= 4 is 22.4 Å². The fourth-order valence-electron chi connectivity index (χ4n) is 2.08. The van der Waals surface area contributed by atoms with E-state index in [0.29, 0.717) is 6.54 Å². The Balaban J connectivity index is 2.19. The molecule has 19 heavy (non-hydrogen) atoms. The van der Waals surface area contributed by atoms with Gasteiger partial charge in [-0.25, -0.2) is 0 Å². The number of anilines is 1. The highest BCUT2D eigenvalue weighted by Crippen LogP contribution is 2.19. The largest absolute Gasteiger partial charge is 0.330 e. The van der Waals surface area contributed by atoms with E-state index in [4.69, 9.17) is 5.73 Å². The number of hydrogen-bond donors (Lipinski definition) is 2. The molecule has 100 valence electrons. The van der Waals surface area contributed by atoms with Gasteiger partial charge in [-0.05, 0) is 29.5 Å². The molecule has 1 aromatic carbocycles. The van der Waals surface area contributed by atoms with Gasteiger partial charge in [-0.2, -0.15) is 0 Å². The maximum absolute atomic E-state index is 12.1. The molecule has 4 nitrogen and oxygen atoms in total. The zero-order valence-electron chi connectivity index (χ0n) is 11.3. The molecule has 1 atom stereocenters. The summed E-state index contributed by atoms with van der Waals surface area (Å²) in [5, 5.41) is 5.04. The van der Waals surface area contributed by atoms with E-state index in [1.165, 1.54) is 0 Å². The van der Waals surface area contributed by atoms with Crippen LogP contribution in [0, 0.1) is 11.8 Å². The Labute approximate surface area is 113 Å². The number of nitrogens with one attached hydrogen (secondary N) is 1. The minimum atomic E-state index is -0.159. The zero-order valence-corrected chi connectivity index (χ0v) is 11.3. The molecule has 1 heterocycles. The first-order valence-corrected chi connectivity index (χ1v) is 6.46. The standard InChI is InChI=1S/C15H19N3O/c1-10(2)14(8-16)15(19)18-13-4-3-12-9-17-6-5-11(12)7-13/h3-7,9-10,14H,8,16H2,1-2H3,(H,18,19). The molecule has 0 aliphatic carbocycles. The van der Waals surface area contributed by atoms with Gasteiger partial charge in [0.1, 0.15) is 0 Å². The first kappa shape index (κ1) is 13.5. The van der Waals surface area contributed by atoms with Crippen molar-refractivity contribution in [2.45, 2.75) is 13.8 Å². The van der Waals surface area contributed by atoms with Gasteiger partial charge in [-0.15, -0.1) is 0 Å². The van der Waals surface area contributed by atoms with Crippen LogP contribution >= 0.6 is 0 Å². The van der Waals surface area contributed by atoms with Gasteiger partial charge < -0.3 is 11.1 Å². The van der Waals surface area contributed by atoms with E-state index in [9.17, 15) is 4.79 Å². The summed E-state index contributed by atoms with van der Waals surface area (Å²) >= 11 is 0. The summed E-state index contributed by atoms with van der Waals surface area (Å²) in [6.07, 6.45) is 3.54. The summed E-state index contributed by atoms with van der Waals surface area (Å²) in [7, 11) is 0. The average Bonchev–Trinajstić information content (AvgIpc) is 2.39. The Hall–Kier alpha value is -1.94. The lowest BCUT2D eigenvalue weighted by Crippen LogP contribution is -2.33. The van der Waals surface area contributed by atoms with Crippen molar-refractivity contribution in [1.82, 2.24) is 4.98 Å². The highest BCUT2D eigenvalue weighted by Gasteiger charge is 2.20. The monoisotopic (exact) mass is 257 g/mol. The maximum atomic E-state index is 12.1. The normalized spacial score (nSPS) is 12.6. The molecule has 0 spiro atoms. The summed E-state index contributed by atoms with van der Waals surface area (Å²) in [6.45, 7) is 4.37. The van der Waals surface area contributed by atoms with Crippen LogP contribution in [0.3, 0.4) is 0 Å². The molecule has 2 aromatic rings. The molecule has 0 fully saturated rings. The first-order valence-electron chi connectivity index (χ1n) is 6.46. The number of nitrogens with zero attached hydrogens (tertiary/aromatic N) is 1. The van der Waals surface area contributed by atoms with Crippen LogP contribution in [0.1, 0.15) is 13.8 Å². The van der Waals surface area contributed by atoms with E-state index in [1.54, 1.807) is 12.4 Å². The number of aromatic nitrogens is 1. The molecule has 1 amide bonds. The third kappa shape index (κ3) is 3.09. The number of rotatable bonds is 4. The minimum Gasteiger partial charge on any atom is -0.330 e. The minimum absolute atomic E-state index is 0.0223. The summed E-state index contributed by atoms with van der Waals surface area (Å²) in [6, 6.07) is 7.71. The quantitative estimate of drug-likeness (QED) is 0.883. The van der Waals surface area contributed by atoms with Crippen LogP contribution in [0.4, 0.5) is 5.69 Å². The molecule has 0 aliphatic rings. The number of nitrogens with two attached hydrogens (primary N) is 1. The third-order valence-electron chi connectivity index (χ3n) is 3.30. The van der Waals surface area contributed by atoms with Crippen molar-refractivity contribution in [3.8, 4) is 0 Å². The van der Waals surface area contributed by atoms with Gasteiger partial charge in [-0.3, -0.25) is 9.78 Å². The van der Waals surface area contributed by atoms with Crippen molar-refractivity contribution in [2.24, 2.45) is 17.6 Å². The number of fused-ring (bicyclic) bond motifs is 1. The molecule has 0 bridgehead atoms. The fraction of sp³-hybridized carbons (Fsp3) is 0.333. The van der Waals surface area contributed by atoms with Gasteiger partial charge in [0.05, 0.1) is 5.92 Å². The molecular formula is C15H19N3O. The van der Waals surface area contributed by atoms with Crippen LogP contribution in [-0.4, -0.2) is 17.4 Å². The first-order chi connectivity index (χ1) is 9.11. The van der Waals surface area contributed by atoms with Crippen LogP contribution < -0.4 is 11.1 Å².